The van der Waals surface area contributed by atoms with Gasteiger partial charge in [-0.25, -0.2) is 0 Å². The van der Waals surface area contributed by atoms with Crippen LogP contribution in [0.25, 0.3) is 9.40 Å². The van der Waals surface area contributed by atoms with E-state index in [1.54, 1.807) is 4.88 Å². The maximum atomic E-state index is 5.98. The lowest BCUT2D eigenvalue weighted by Gasteiger charge is -2.07. The number of ether oxygens (including phenoxy) is 1. The highest BCUT2D eigenvalue weighted by Gasteiger charge is 2.12. The van der Waals surface area contributed by atoms with E-state index in [4.69, 9.17) is 4.74 Å². The first kappa shape index (κ1) is 20.8. The lowest BCUT2D eigenvalue weighted by molar-refractivity contribution is 0.313. The molecule has 2 aromatic rings. The molecule has 25 heavy (non-hydrogen) atoms. The second-order valence-corrected chi connectivity index (χ2v) is 9.47. The summed E-state index contributed by atoms with van der Waals surface area (Å²) in [5.74, 6) is 0.700. The van der Waals surface area contributed by atoms with E-state index in [9.17, 15) is 0 Å². The van der Waals surface area contributed by atoms with Crippen LogP contribution < -0.4 is 4.74 Å². The van der Waals surface area contributed by atoms with Crippen molar-refractivity contribution >= 4 is 32.1 Å². The molecule has 0 fully saturated rings. The van der Waals surface area contributed by atoms with Gasteiger partial charge < -0.3 is 4.74 Å². The summed E-state index contributed by atoms with van der Waals surface area (Å²) >= 11 is 3.79. The number of rotatable bonds is 14. The van der Waals surface area contributed by atoms with Crippen molar-refractivity contribution < 1.29 is 4.74 Å². The fraction of sp³-hybridized carbons (Fsp3) is 0.727. The maximum absolute atomic E-state index is 5.98. The quantitative estimate of drug-likeness (QED) is 0.297. The Balaban J connectivity index is 1.64. The summed E-state index contributed by atoms with van der Waals surface area (Å²) in [6.45, 7) is 7.79. The summed E-state index contributed by atoms with van der Waals surface area (Å²) in [6, 6.07) is 4.65. The Kier molecular flexibility index (Phi) is 9.93. The maximum Gasteiger partial charge on any atom is 0.175 e. The molecule has 0 saturated carbocycles. The van der Waals surface area contributed by atoms with Crippen LogP contribution in [0, 0.1) is 0 Å². The second-order valence-electron chi connectivity index (χ2n) is 7.31. The van der Waals surface area contributed by atoms with E-state index in [2.05, 4.69) is 32.9 Å². The van der Waals surface area contributed by atoms with Crippen LogP contribution in [0.4, 0.5) is 0 Å². The molecule has 0 saturated heterocycles. The van der Waals surface area contributed by atoms with Crippen LogP contribution in [-0.2, 0) is 0 Å². The molecule has 2 rings (SSSR count). The van der Waals surface area contributed by atoms with Gasteiger partial charge in [-0.1, -0.05) is 89.9 Å². The lowest BCUT2D eigenvalue weighted by atomic mass is 10.0. The van der Waals surface area contributed by atoms with Gasteiger partial charge in [-0.3, -0.25) is 0 Å². The normalized spacial score (nSPS) is 12.8. The average Bonchev–Trinajstić information content (AvgIpc) is 3.17. The zero-order valence-electron chi connectivity index (χ0n) is 16.4. The molecule has 142 valence electrons. The van der Waals surface area contributed by atoms with Gasteiger partial charge in [0, 0.05) is 20.3 Å². The predicted molar refractivity (Wildman–Crippen MR) is 116 cm³/mol. The minimum absolute atomic E-state index is 0.700. The van der Waals surface area contributed by atoms with Crippen molar-refractivity contribution in [2.45, 2.75) is 97.3 Å². The average molecular weight is 381 g/mol. The summed E-state index contributed by atoms with van der Waals surface area (Å²) < 4.78 is 8.81. The molecule has 0 aliphatic carbocycles. The molecule has 2 aromatic heterocycles. The standard InChI is InChI=1S/C22H36OS2/c1-4-6-8-9-10-11-12-13-15-23-22-17-21-20(25-22)16-19(24-21)18(3)14-7-5-2/h16-18H,4-15H2,1-3H3. The van der Waals surface area contributed by atoms with Crippen LogP contribution in [0.1, 0.15) is 102 Å². The first-order valence-corrected chi connectivity index (χ1v) is 12.0. The largest absolute Gasteiger partial charge is 0.484 e. The zero-order chi connectivity index (χ0) is 17.9. The molecule has 1 nitrogen and oxygen atoms in total. The van der Waals surface area contributed by atoms with Crippen molar-refractivity contribution in [2.24, 2.45) is 0 Å². The number of thiophene rings is 2. The summed E-state index contributed by atoms with van der Waals surface area (Å²) in [6.07, 6.45) is 14.8. The molecule has 1 atom stereocenters. The third kappa shape index (κ3) is 7.30. The fourth-order valence-electron chi connectivity index (χ4n) is 3.21. The topological polar surface area (TPSA) is 9.23 Å². The van der Waals surface area contributed by atoms with Crippen LogP contribution in [0.15, 0.2) is 12.1 Å². The van der Waals surface area contributed by atoms with Gasteiger partial charge in [0.2, 0.25) is 0 Å². The van der Waals surface area contributed by atoms with Gasteiger partial charge in [0.1, 0.15) is 0 Å². The molecule has 0 aliphatic rings. The lowest BCUT2D eigenvalue weighted by Crippen LogP contribution is -1.95. The van der Waals surface area contributed by atoms with Crippen molar-refractivity contribution in [3.8, 4) is 5.06 Å². The monoisotopic (exact) mass is 380 g/mol. The van der Waals surface area contributed by atoms with Crippen molar-refractivity contribution in [1.82, 2.24) is 0 Å². The van der Waals surface area contributed by atoms with Gasteiger partial charge in [-0.2, -0.15) is 0 Å². The molecular weight excluding hydrogens is 344 g/mol. The molecule has 0 radical (unpaired) electrons. The van der Waals surface area contributed by atoms with Gasteiger partial charge >= 0.3 is 0 Å². The van der Waals surface area contributed by atoms with E-state index < -0.39 is 0 Å². The minimum atomic E-state index is 0.700. The highest BCUT2D eigenvalue weighted by atomic mass is 32.1. The van der Waals surface area contributed by atoms with E-state index >= 15 is 0 Å². The van der Waals surface area contributed by atoms with Crippen molar-refractivity contribution in [3.05, 3.63) is 17.0 Å². The first-order chi connectivity index (χ1) is 12.2. The Bertz CT molecular complexity index is 552. The van der Waals surface area contributed by atoms with Gasteiger partial charge in [-0.15, -0.1) is 11.3 Å². The Hall–Kier alpha value is -0.540. The Morgan fingerprint density at radius 3 is 2.12 bits per heavy atom. The predicted octanol–water partition coefficient (Wildman–Crippen LogP) is 8.78. The van der Waals surface area contributed by atoms with Crippen LogP contribution in [0.5, 0.6) is 5.06 Å². The third-order valence-corrected chi connectivity index (χ3v) is 7.36. The Morgan fingerprint density at radius 2 is 1.44 bits per heavy atom. The molecule has 0 aromatic carbocycles. The van der Waals surface area contributed by atoms with E-state index in [-0.39, 0.29) is 0 Å². The van der Waals surface area contributed by atoms with Gasteiger partial charge in [-0.05, 0) is 24.8 Å². The molecule has 3 heteroatoms. The van der Waals surface area contributed by atoms with E-state index in [0.29, 0.717) is 5.92 Å². The van der Waals surface area contributed by atoms with E-state index in [0.717, 1.165) is 11.7 Å². The van der Waals surface area contributed by atoms with Crippen molar-refractivity contribution in [2.75, 3.05) is 6.61 Å². The highest BCUT2D eigenvalue weighted by Crippen LogP contribution is 2.40. The number of fused-ring (bicyclic) bond motifs is 1. The van der Waals surface area contributed by atoms with E-state index in [1.807, 2.05) is 22.7 Å². The molecule has 0 N–H and O–H groups in total. The van der Waals surface area contributed by atoms with Gasteiger partial charge in [0.05, 0.1) is 6.61 Å². The molecule has 1 unspecified atom stereocenters. The second kappa shape index (κ2) is 12.0. The van der Waals surface area contributed by atoms with E-state index in [1.165, 1.54) is 80.0 Å². The van der Waals surface area contributed by atoms with Gasteiger partial charge in [0.15, 0.2) is 5.06 Å². The Labute approximate surface area is 162 Å². The first-order valence-electron chi connectivity index (χ1n) is 10.4. The van der Waals surface area contributed by atoms with Crippen LogP contribution in [0.3, 0.4) is 0 Å². The SMILES string of the molecule is CCCCCCCCCCOc1cc2sc(C(C)CCCC)cc2s1. The molecule has 0 amide bonds. The summed E-state index contributed by atoms with van der Waals surface area (Å²) in [4.78, 5) is 1.55. The highest BCUT2D eigenvalue weighted by molar-refractivity contribution is 7.28. The smallest absolute Gasteiger partial charge is 0.175 e. The van der Waals surface area contributed by atoms with Gasteiger partial charge in [0.25, 0.3) is 0 Å². The molecule has 2 heterocycles. The molecule has 0 spiro atoms. The van der Waals surface area contributed by atoms with Crippen LogP contribution in [0.2, 0.25) is 0 Å². The third-order valence-electron chi connectivity index (χ3n) is 4.92. The summed E-state index contributed by atoms with van der Waals surface area (Å²) in [7, 11) is 0. The van der Waals surface area contributed by atoms with Crippen molar-refractivity contribution in [1.29, 1.82) is 0 Å². The number of hydrogen-bond donors (Lipinski definition) is 0. The minimum Gasteiger partial charge on any atom is -0.484 e. The van der Waals surface area contributed by atoms with Crippen LogP contribution >= 0.6 is 22.7 Å². The van der Waals surface area contributed by atoms with Crippen LogP contribution in [-0.4, -0.2) is 6.61 Å². The summed E-state index contributed by atoms with van der Waals surface area (Å²) in [5.41, 5.74) is 0. The number of hydrogen-bond acceptors (Lipinski definition) is 3. The number of unbranched alkanes of at least 4 members (excludes halogenated alkanes) is 8. The fourth-order valence-corrected chi connectivity index (χ4v) is 5.56. The molecule has 0 bridgehead atoms. The Morgan fingerprint density at radius 1 is 0.800 bits per heavy atom. The van der Waals surface area contributed by atoms with Crippen molar-refractivity contribution in [3.63, 3.8) is 0 Å². The molecular formula is C22H36OS2. The summed E-state index contributed by atoms with van der Waals surface area (Å²) in [5, 5.41) is 1.11. The zero-order valence-corrected chi connectivity index (χ0v) is 18.1. The molecule has 0 aliphatic heterocycles.